The van der Waals surface area contributed by atoms with Gasteiger partial charge in [0.15, 0.2) is 0 Å². The molecular formula is C14H18BrFN2O3. The number of halogens is 2. The Kier molecular flexibility index (Phi) is 7.14. The normalized spacial score (nSPS) is 11.8. The average molecular weight is 361 g/mol. The maximum absolute atomic E-state index is 13.0. The molecule has 0 bridgehead atoms. The highest BCUT2D eigenvalue weighted by Gasteiger charge is 2.07. The van der Waals surface area contributed by atoms with Crippen LogP contribution in [0.2, 0.25) is 0 Å². The van der Waals surface area contributed by atoms with Gasteiger partial charge in [-0.25, -0.2) is 9.18 Å². The fourth-order valence-corrected chi connectivity index (χ4v) is 2.07. The van der Waals surface area contributed by atoms with Gasteiger partial charge in [-0.15, -0.1) is 0 Å². The van der Waals surface area contributed by atoms with E-state index in [1.54, 1.807) is 0 Å². The number of amides is 2. The number of anilines is 1. The van der Waals surface area contributed by atoms with Gasteiger partial charge < -0.3 is 15.7 Å². The highest BCUT2D eigenvalue weighted by atomic mass is 79.9. The summed E-state index contributed by atoms with van der Waals surface area (Å²) in [5.41, 5.74) is 0.486. The monoisotopic (exact) mass is 360 g/mol. The minimum Gasteiger partial charge on any atom is -0.481 e. The summed E-state index contributed by atoms with van der Waals surface area (Å²) in [5.74, 6) is -0.982. The van der Waals surface area contributed by atoms with Crippen LogP contribution in [0.1, 0.15) is 26.2 Å². The lowest BCUT2D eigenvalue weighted by molar-refractivity contribution is -0.137. The topological polar surface area (TPSA) is 78.4 Å². The van der Waals surface area contributed by atoms with Crippen molar-refractivity contribution in [3.05, 3.63) is 28.5 Å². The Morgan fingerprint density at radius 1 is 1.38 bits per heavy atom. The number of nitrogens with one attached hydrogen (secondary N) is 2. The van der Waals surface area contributed by atoms with Crippen molar-refractivity contribution in [2.45, 2.75) is 26.2 Å². The van der Waals surface area contributed by atoms with E-state index in [1.807, 2.05) is 6.92 Å². The Hall–Kier alpha value is -1.63. The number of urea groups is 1. The summed E-state index contributed by atoms with van der Waals surface area (Å²) in [5, 5.41) is 13.8. The molecule has 7 heteroatoms. The summed E-state index contributed by atoms with van der Waals surface area (Å²) in [6.45, 7) is 2.40. The van der Waals surface area contributed by atoms with Crippen LogP contribution in [0.3, 0.4) is 0 Å². The van der Waals surface area contributed by atoms with Crippen molar-refractivity contribution >= 4 is 33.6 Å². The molecule has 1 atom stereocenters. The van der Waals surface area contributed by atoms with Gasteiger partial charge in [-0.2, -0.15) is 0 Å². The number of carboxylic acid groups (broad SMARTS) is 1. The van der Waals surface area contributed by atoms with Crippen molar-refractivity contribution in [2.75, 3.05) is 11.9 Å². The Bertz CT molecular complexity index is 511. The van der Waals surface area contributed by atoms with Crippen LogP contribution in [-0.4, -0.2) is 23.7 Å². The molecule has 0 radical (unpaired) electrons. The molecule has 1 rings (SSSR count). The van der Waals surface area contributed by atoms with E-state index < -0.39 is 11.8 Å². The Morgan fingerprint density at radius 3 is 2.71 bits per heavy atom. The molecule has 0 aliphatic rings. The molecule has 1 aromatic rings. The van der Waals surface area contributed by atoms with Crippen molar-refractivity contribution < 1.29 is 19.1 Å². The van der Waals surface area contributed by atoms with Crippen LogP contribution < -0.4 is 10.6 Å². The fourth-order valence-electron chi connectivity index (χ4n) is 1.70. The molecule has 21 heavy (non-hydrogen) atoms. The van der Waals surface area contributed by atoms with Crippen LogP contribution >= 0.6 is 15.9 Å². The zero-order valence-electron chi connectivity index (χ0n) is 11.7. The van der Waals surface area contributed by atoms with Crippen molar-refractivity contribution in [3.63, 3.8) is 0 Å². The number of carbonyl (C=O) groups excluding carboxylic acids is 1. The molecule has 0 saturated carbocycles. The van der Waals surface area contributed by atoms with Gasteiger partial charge in [0.05, 0.1) is 4.47 Å². The van der Waals surface area contributed by atoms with Gasteiger partial charge in [0.1, 0.15) is 5.82 Å². The average Bonchev–Trinajstić information content (AvgIpc) is 2.40. The van der Waals surface area contributed by atoms with Crippen LogP contribution in [0.15, 0.2) is 22.7 Å². The molecular weight excluding hydrogens is 343 g/mol. The van der Waals surface area contributed by atoms with Gasteiger partial charge in [-0.3, -0.25) is 4.79 Å². The van der Waals surface area contributed by atoms with Gasteiger partial charge in [0.2, 0.25) is 0 Å². The van der Waals surface area contributed by atoms with Crippen molar-refractivity contribution in [1.29, 1.82) is 0 Å². The third-order valence-electron chi connectivity index (χ3n) is 2.95. The summed E-state index contributed by atoms with van der Waals surface area (Å²) < 4.78 is 13.3. The molecule has 0 saturated heterocycles. The van der Waals surface area contributed by atoms with Crippen molar-refractivity contribution in [2.24, 2.45) is 5.92 Å². The van der Waals surface area contributed by atoms with Crippen molar-refractivity contribution in [3.8, 4) is 0 Å². The number of rotatable bonds is 7. The summed E-state index contributed by atoms with van der Waals surface area (Å²) in [6, 6.07) is 3.83. The summed E-state index contributed by atoms with van der Waals surface area (Å²) >= 11 is 3.04. The molecule has 5 nitrogen and oxygen atoms in total. The second-order valence-electron chi connectivity index (χ2n) is 4.84. The van der Waals surface area contributed by atoms with E-state index in [4.69, 9.17) is 5.11 Å². The van der Waals surface area contributed by atoms with Crippen LogP contribution in [-0.2, 0) is 4.79 Å². The van der Waals surface area contributed by atoms with E-state index in [0.717, 1.165) is 0 Å². The van der Waals surface area contributed by atoms with Gasteiger partial charge in [-0.05, 0) is 52.9 Å². The van der Waals surface area contributed by atoms with E-state index in [9.17, 15) is 14.0 Å². The molecule has 0 fully saturated rings. The Labute approximate surface area is 131 Å². The van der Waals surface area contributed by atoms with E-state index in [-0.39, 0.29) is 22.8 Å². The number of hydrogen-bond acceptors (Lipinski definition) is 2. The van der Waals surface area contributed by atoms with Crippen LogP contribution in [0.5, 0.6) is 0 Å². The first-order valence-electron chi connectivity index (χ1n) is 6.60. The predicted molar refractivity (Wildman–Crippen MR) is 81.8 cm³/mol. The third-order valence-corrected chi connectivity index (χ3v) is 3.56. The van der Waals surface area contributed by atoms with E-state index in [0.29, 0.717) is 25.1 Å². The second kappa shape index (κ2) is 8.61. The number of hydrogen-bond donors (Lipinski definition) is 3. The number of benzene rings is 1. The van der Waals surface area contributed by atoms with E-state index in [1.165, 1.54) is 18.2 Å². The van der Waals surface area contributed by atoms with E-state index >= 15 is 0 Å². The van der Waals surface area contributed by atoms with Gasteiger partial charge in [0.25, 0.3) is 0 Å². The van der Waals surface area contributed by atoms with Crippen LogP contribution in [0.4, 0.5) is 14.9 Å². The molecule has 0 heterocycles. The lowest BCUT2D eigenvalue weighted by Gasteiger charge is -2.11. The molecule has 0 aliphatic carbocycles. The first kappa shape index (κ1) is 17.4. The molecule has 1 unspecified atom stereocenters. The molecule has 3 N–H and O–H groups in total. The van der Waals surface area contributed by atoms with Gasteiger partial charge in [-0.1, -0.05) is 6.92 Å². The fraction of sp³-hybridized carbons (Fsp3) is 0.429. The Balaban J connectivity index is 2.27. The summed E-state index contributed by atoms with van der Waals surface area (Å²) in [7, 11) is 0. The number of carboxylic acids is 1. The Morgan fingerprint density at radius 2 is 2.10 bits per heavy atom. The quantitative estimate of drug-likeness (QED) is 0.694. The predicted octanol–water partition coefficient (Wildman–Crippen LogP) is 3.60. The lowest BCUT2D eigenvalue weighted by Crippen LogP contribution is -2.30. The number of carbonyl (C=O) groups is 2. The smallest absolute Gasteiger partial charge is 0.319 e. The minimum absolute atomic E-state index is 0.136. The lowest BCUT2D eigenvalue weighted by atomic mass is 10.0. The summed E-state index contributed by atoms with van der Waals surface area (Å²) in [6.07, 6.45) is 1.42. The summed E-state index contributed by atoms with van der Waals surface area (Å²) in [4.78, 5) is 22.1. The molecule has 116 valence electrons. The highest BCUT2D eigenvalue weighted by molar-refractivity contribution is 9.10. The standard InChI is InChI=1S/C14H18BrFN2O3/c1-9(2-5-13(19)20)6-7-17-14(21)18-10-3-4-12(16)11(15)8-10/h3-4,8-9H,2,5-7H2,1H3,(H,19,20)(H2,17,18,21). The van der Waals surface area contributed by atoms with Crippen LogP contribution in [0, 0.1) is 11.7 Å². The highest BCUT2D eigenvalue weighted by Crippen LogP contribution is 2.19. The zero-order valence-corrected chi connectivity index (χ0v) is 13.2. The largest absolute Gasteiger partial charge is 0.481 e. The van der Waals surface area contributed by atoms with E-state index in [2.05, 4.69) is 26.6 Å². The molecule has 2 amide bonds. The minimum atomic E-state index is -0.811. The third kappa shape index (κ3) is 7.08. The molecule has 1 aromatic carbocycles. The van der Waals surface area contributed by atoms with Crippen LogP contribution in [0.25, 0.3) is 0 Å². The first-order chi connectivity index (χ1) is 9.88. The van der Waals surface area contributed by atoms with Gasteiger partial charge >= 0.3 is 12.0 Å². The maximum atomic E-state index is 13.0. The molecule has 0 aromatic heterocycles. The molecule has 0 aliphatic heterocycles. The number of aliphatic carboxylic acids is 1. The van der Waals surface area contributed by atoms with Crippen molar-refractivity contribution in [1.82, 2.24) is 5.32 Å². The first-order valence-corrected chi connectivity index (χ1v) is 7.39. The zero-order chi connectivity index (χ0) is 15.8. The van der Waals surface area contributed by atoms with Gasteiger partial charge in [0, 0.05) is 18.7 Å². The SMILES string of the molecule is CC(CCNC(=O)Nc1ccc(F)c(Br)c1)CCC(=O)O. The maximum Gasteiger partial charge on any atom is 0.319 e. The second-order valence-corrected chi connectivity index (χ2v) is 5.69. The molecule has 0 spiro atoms.